The number of anilines is 2. The van der Waals surface area contributed by atoms with Gasteiger partial charge >= 0.3 is 5.69 Å². The lowest BCUT2D eigenvalue weighted by molar-refractivity contribution is -0.0625. The van der Waals surface area contributed by atoms with Crippen molar-refractivity contribution in [1.29, 1.82) is 5.41 Å². The van der Waals surface area contributed by atoms with Gasteiger partial charge in [0.1, 0.15) is 30.3 Å². The zero-order valence-electron chi connectivity index (χ0n) is 18.5. The van der Waals surface area contributed by atoms with E-state index >= 15 is 4.39 Å². The average molecular weight is 463 g/mol. The molecule has 4 atom stereocenters. The Kier molecular flexibility index (Phi) is 6.77. The van der Waals surface area contributed by atoms with Gasteiger partial charge in [-0.2, -0.15) is 4.98 Å². The molecule has 0 bridgehead atoms. The van der Waals surface area contributed by atoms with Gasteiger partial charge in [0.15, 0.2) is 29.7 Å². The number of hydrogen-bond donors (Lipinski definition) is 3. The normalized spacial score (nSPS) is 23.2. The Morgan fingerprint density at radius 3 is 2.91 bits per heavy atom. The van der Waals surface area contributed by atoms with Gasteiger partial charge in [0.05, 0.1) is 25.2 Å². The number of nitrogens with one attached hydrogen (secondary N) is 3. The highest BCUT2D eigenvalue weighted by Crippen LogP contribution is 2.45. The van der Waals surface area contributed by atoms with Crippen LogP contribution in [0.1, 0.15) is 13.2 Å². The number of methoxy groups -OCH3 is 2. The smallest absolute Gasteiger partial charge is 0.352 e. The molecule has 12 heteroatoms. The van der Waals surface area contributed by atoms with E-state index in [0.717, 1.165) is 4.57 Å². The molecular weight excluding hydrogens is 437 g/mol. The summed E-state index contributed by atoms with van der Waals surface area (Å²) in [6.45, 7) is 2.53. The Bertz CT molecular complexity index is 1080. The highest BCUT2D eigenvalue weighted by Gasteiger charge is 2.47. The Morgan fingerprint density at radius 2 is 2.18 bits per heavy atom. The van der Waals surface area contributed by atoms with Crippen LogP contribution in [0.4, 0.5) is 15.9 Å². The van der Waals surface area contributed by atoms with Crippen molar-refractivity contribution in [2.24, 2.45) is 0 Å². The van der Waals surface area contributed by atoms with E-state index in [2.05, 4.69) is 15.6 Å². The van der Waals surface area contributed by atoms with E-state index in [4.69, 9.17) is 29.1 Å². The minimum Gasteiger partial charge on any atom is -0.489 e. The third-order valence-corrected chi connectivity index (χ3v) is 5.26. The summed E-state index contributed by atoms with van der Waals surface area (Å²) >= 11 is 0. The molecule has 1 saturated heterocycles. The van der Waals surface area contributed by atoms with Crippen molar-refractivity contribution in [3.63, 3.8) is 0 Å². The number of ether oxygens (including phenoxy) is 5. The molecule has 3 N–H and O–H groups in total. The number of fused-ring (bicyclic) bond motifs is 2. The predicted molar refractivity (Wildman–Crippen MR) is 117 cm³/mol. The molecule has 3 heterocycles. The zero-order chi connectivity index (χ0) is 23.5. The van der Waals surface area contributed by atoms with E-state index in [0.29, 0.717) is 36.2 Å². The Morgan fingerprint density at radius 1 is 1.36 bits per heavy atom. The molecular formula is C21H26FN5O6. The first-order valence-electron chi connectivity index (χ1n) is 10.4. The predicted octanol–water partition coefficient (Wildman–Crippen LogP) is 1.96. The molecule has 0 radical (unpaired) electrons. The lowest BCUT2D eigenvalue weighted by atomic mass is 10.1. The van der Waals surface area contributed by atoms with Crippen LogP contribution in [0.3, 0.4) is 0 Å². The lowest BCUT2D eigenvalue weighted by Crippen LogP contribution is -2.35. The van der Waals surface area contributed by atoms with Gasteiger partial charge in [-0.25, -0.2) is 9.18 Å². The summed E-state index contributed by atoms with van der Waals surface area (Å²) in [4.78, 5) is 16.8. The van der Waals surface area contributed by atoms with Gasteiger partial charge < -0.3 is 34.3 Å². The van der Waals surface area contributed by atoms with Crippen molar-refractivity contribution in [3.8, 4) is 17.2 Å². The second kappa shape index (κ2) is 9.73. The van der Waals surface area contributed by atoms with Crippen LogP contribution >= 0.6 is 0 Å². The van der Waals surface area contributed by atoms with E-state index < -0.39 is 30.3 Å². The largest absolute Gasteiger partial charge is 0.489 e. The van der Waals surface area contributed by atoms with E-state index in [1.807, 2.05) is 0 Å². The average Bonchev–Trinajstić information content (AvgIpc) is 3.10. The summed E-state index contributed by atoms with van der Waals surface area (Å²) in [6, 6.07) is 5.24. The minimum atomic E-state index is -1.60. The monoisotopic (exact) mass is 463 g/mol. The van der Waals surface area contributed by atoms with Crippen LogP contribution < -0.4 is 25.8 Å². The number of halogens is 1. The van der Waals surface area contributed by atoms with E-state index in [1.165, 1.54) is 20.4 Å². The topological polar surface area (TPSA) is 129 Å². The molecule has 1 aromatic carbocycles. The van der Waals surface area contributed by atoms with Gasteiger partial charge in [-0.05, 0) is 19.1 Å². The van der Waals surface area contributed by atoms with E-state index in [9.17, 15) is 4.79 Å². The van der Waals surface area contributed by atoms with Gasteiger partial charge in [0.25, 0.3) is 0 Å². The molecule has 2 aliphatic rings. The van der Waals surface area contributed by atoms with Crippen LogP contribution in [-0.2, 0) is 14.2 Å². The Labute approximate surface area is 189 Å². The minimum absolute atomic E-state index is 0.117. The Hall–Kier alpha value is -3.22. The molecule has 2 aliphatic heterocycles. The van der Waals surface area contributed by atoms with E-state index in [1.54, 1.807) is 25.1 Å². The molecule has 1 fully saturated rings. The first-order valence-corrected chi connectivity index (χ1v) is 10.4. The Balaban J connectivity index is 1.56. The molecule has 0 aliphatic carbocycles. The number of nitrogens with zero attached hydrogens (tertiary/aromatic N) is 2. The number of amidine groups is 1. The summed E-state index contributed by atoms with van der Waals surface area (Å²) in [5, 5.41) is 13.3. The second-order valence-electron chi connectivity index (χ2n) is 7.57. The number of hydrogen-bond acceptors (Lipinski definition) is 9. The van der Waals surface area contributed by atoms with Crippen molar-refractivity contribution in [2.45, 2.75) is 31.5 Å². The number of rotatable bonds is 8. The molecule has 178 valence electrons. The number of aromatic nitrogens is 2. The van der Waals surface area contributed by atoms with Gasteiger partial charge in [0.2, 0.25) is 0 Å². The molecule has 1 unspecified atom stereocenters. The third-order valence-electron chi connectivity index (χ3n) is 5.26. The maximum Gasteiger partial charge on any atom is 0.352 e. The summed E-state index contributed by atoms with van der Waals surface area (Å²) < 4.78 is 43.8. The first-order chi connectivity index (χ1) is 15.9. The van der Waals surface area contributed by atoms with Crippen LogP contribution in [0.5, 0.6) is 17.2 Å². The SMILES string of the molecule is COC[C@H]1O[C@@H](n2cc3c(nc2=O)Nc2c(OCCNC(C)=N)cccc2O3)[C@H](F)C1OC. The van der Waals surface area contributed by atoms with Gasteiger partial charge in [-0.3, -0.25) is 9.98 Å². The fourth-order valence-electron chi connectivity index (χ4n) is 3.77. The van der Waals surface area contributed by atoms with Crippen LogP contribution in [0, 0.1) is 5.41 Å². The van der Waals surface area contributed by atoms with Crippen LogP contribution in [0.2, 0.25) is 0 Å². The summed E-state index contributed by atoms with van der Waals surface area (Å²) in [5.41, 5.74) is -0.195. The fraction of sp³-hybridized carbons (Fsp3) is 0.476. The zero-order valence-corrected chi connectivity index (χ0v) is 18.5. The van der Waals surface area contributed by atoms with E-state index in [-0.39, 0.29) is 18.2 Å². The highest BCUT2D eigenvalue weighted by molar-refractivity contribution is 5.77. The highest BCUT2D eigenvalue weighted by atomic mass is 19.1. The quantitative estimate of drug-likeness (QED) is 0.261. The van der Waals surface area contributed by atoms with Crippen molar-refractivity contribution in [1.82, 2.24) is 14.9 Å². The van der Waals surface area contributed by atoms with Crippen LogP contribution in [0.25, 0.3) is 0 Å². The lowest BCUT2D eigenvalue weighted by Gasteiger charge is -2.24. The molecule has 0 spiro atoms. The standard InChI is InChI=1S/C21H26FN5O6/c1-11(23)24-7-8-31-12-5-4-6-13-17(12)25-19-14(32-13)9-27(21(28)26-19)20-16(22)18(30-3)15(33-20)10-29-2/h4-6,9,15-16,18,20H,7-8,10H2,1-3H3,(H2,23,24)(H,25,26,28)/t15-,16-,18?,20-/m1/s1. The molecule has 33 heavy (non-hydrogen) atoms. The van der Waals surface area contributed by atoms with Crippen molar-refractivity contribution >= 4 is 17.3 Å². The van der Waals surface area contributed by atoms with Gasteiger partial charge in [0, 0.05) is 14.2 Å². The summed E-state index contributed by atoms with van der Waals surface area (Å²) in [7, 11) is 2.86. The summed E-state index contributed by atoms with van der Waals surface area (Å²) in [5.74, 6) is 1.72. The number of alkyl halides is 1. The molecule has 0 amide bonds. The van der Waals surface area contributed by atoms with Crippen molar-refractivity contribution < 1.29 is 28.1 Å². The first kappa shape index (κ1) is 23.0. The number of benzene rings is 1. The molecule has 2 aromatic rings. The van der Waals surface area contributed by atoms with Crippen LogP contribution in [-0.4, -0.2) is 67.7 Å². The fourth-order valence-corrected chi connectivity index (χ4v) is 3.77. The maximum absolute atomic E-state index is 15.0. The third kappa shape index (κ3) is 4.63. The van der Waals surface area contributed by atoms with Gasteiger partial charge in [-0.1, -0.05) is 6.07 Å². The van der Waals surface area contributed by atoms with Crippen LogP contribution in [0.15, 0.2) is 29.2 Å². The number of para-hydroxylation sites is 1. The molecule has 11 nitrogen and oxygen atoms in total. The maximum atomic E-state index is 15.0. The summed E-state index contributed by atoms with van der Waals surface area (Å²) in [6.07, 6.45) is -3.03. The second-order valence-corrected chi connectivity index (χ2v) is 7.57. The van der Waals surface area contributed by atoms with Crippen molar-refractivity contribution in [3.05, 3.63) is 34.9 Å². The van der Waals surface area contributed by atoms with Gasteiger partial charge in [-0.15, -0.1) is 0 Å². The molecule has 1 aromatic heterocycles. The van der Waals surface area contributed by atoms with Crippen molar-refractivity contribution in [2.75, 3.05) is 39.3 Å². The molecule has 0 saturated carbocycles. The molecule has 4 rings (SSSR count).